The van der Waals surface area contributed by atoms with Crippen LogP contribution in [-0.2, 0) is 0 Å². The highest BCUT2D eigenvalue weighted by Crippen LogP contribution is 2.56. The number of aromatic nitrogens is 2. The van der Waals surface area contributed by atoms with E-state index in [1.807, 2.05) is 36.5 Å². The summed E-state index contributed by atoms with van der Waals surface area (Å²) in [4.78, 5) is 12.6. The van der Waals surface area contributed by atoms with Crippen molar-refractivity contribution in [3.05, 3.63) is 48.3 Å². The molecule has 0 aliphatic heterocycles. The molecular formula is C17H18N2O. The van der Waals surface area contributed by atoms with Crippen LogP contribution >= 0.6 is 0 Å². The molecule has 2 aliphatic carbocycles. The fourth-order valence-corrected chi connectivity index (χ4v) is 3.75. The molecule has 20 heavy (non-hydrogen) atoms. The summed E-state index contributed by atoms with van der Waals surface area (Å²) in [5.74, 6) is 1.92. The lowest BCUT2D eigenvalue weighted by molar-refractivity contribution is 0.0956. The number of carbonyl (C=O) groups is 1. The lowest BCUT2D eigenvalue weighted by atomic mass is 10.0. The number of fused-ring (bicyclic) bond motifs is 1. The minimum Gasteiger partial charge on any atom is -0.294 e. The maximum absolute atomic E-state index is 12.6. The van der Waals surface area contributed by atoms with Gasteiger partial charge in [0.25, 0.3) is 0 Å². The van der Waals surface area contributed by atoms with Crippen molar-refractivity contribution in [3.8, 4) is 5.69 Å². The monoisotopic (exact) mass is 266 g/mol. The first-order valence-corrected chi connectivity index (χ1v) is 7.49. The number of ketones is 1. The standard InChI is InChI=1S/C17H18N2O/c20-17(16-14-8-4-5-9-15(14)16)12-10-18-19(11-12)13-6-2-1-3-7-13/h1-3,6-7,10-11,14-16H,4-5,8-9H2. The van der Waals surface area contributed by atoms with Crippen molar-refractivity contribution < 1.29 is 4.79 Å². The second kappa shape index (κ2) is 4.58. The number of nitrogens with zero attached hydrogens (tertiary/aromatic N) is 2. The highest BCUT2D eigenvalue weighted by atomic mass is 16.1. The van der Waals surface area contributed by atoms with E-state index in [1.165, 1.54) is 25.7 Å². The molecule has 1 aromatic heterocycles. The van der Waals surface area contributed by atoms with Crippen LogP contribution in [0, 0.1) is 17.8 Å². The predicted octanol–water partition coefficient (Wildman–Crippen LogP) is 3.49. The van der Waals surface area contributed by atoms with Crippen LogP contribution in [0.4, 0.5) is 0 Å². The molecule has 3 nitrogen and oxygen atoms in total. The summed E-state index contributed by atoms with van der Waals surface area (Å²) in [5.41, 5.74) is 1.77. The molecule has 0 bridgehead atoms. The minimum atomic E-state index is 0.283. The quantitative estimate of drug-likeness (QED) is 0.797. The van der Waals surface area contributed by atoms with Crippen LogP contribution < -0.4 is 0 Å². The van der Waals surface area contributed by atoms with Gasteiger partial charge in [0.2, 0.25) is 0 Å². The van der Waals surface area contributed by atoms with Crippen molar-refractivity contribution in [2.24, 2.45) is 17.8 Å². The van der Waals surface area contributed by atoms with E-state index >= 15 is 0 Å². The van der Waals surface area contributed by atoms with Crippen LogP contribution in [0.2, 0.25) is 0 Å². The molecule has 0 spiro atoms. The molecule has 2 aromatic rings. The summed E-state index contributed by atoms with van der Waals surface area (Å²) in [6.45, 7) is 0. The van der Waals surface area contributed by atoms with Gasteiger partial charge in [-0.2, -0.15) is 5.10 Å². The molecule has 2 saturated carbocycles. The number of para-hydroxylation sites is 1. The third kappa shape index (κ3) is 1.89. The zero-order valence-corrected chi connectivity index (χ0v) is 11.4. The molecule has 2 unspecified atom stereocenters. The molecule has 2 aliphatic rings. The van der Waals surface area contributed by atoms with Crippen molar-refractivity contribution in [1.29, 1.82) is 0 Å². The Morgan fingerprint density at radius 1 is 1.10 bits per heavy atom. The second-order valence-electron chi connectivity index (χ2n) is 6.01. The van der Waals surface area contributed by atoms with Gasteiger partial charge in [-0.3, -0.25) is 4.79 Å². The maximum Gasteiger partial charge on any atom is 0.169 e. The maximum atomic E-state index is 12.6. The molecule has 0 saturated heterocycles. The average Bonchev–Trinajstić information content (AvgIpc) is 3.02. The average molecular weight is 266 g/mol. The Morgan fingerprint density at radius 3 is 2.50 bits per heavy atom. The first kappa shape index (κ1) is 11.9. The van der Waals surface area contributed by atoms with E-state index in [2.05, 4.69) is 5.10 Å². The van der Waals surface area contributed by atoms with Crippen molar-refractivity contribution >= 4 is 5.78 Å². The second-order valence-corrected chi connectivity index (χ2v) is 6.01. The Labute approximate surface area is 118 Å². The molecule has 0 N–H and O–H groups in total. The van der Waals surface area contributed by atoms with Gasteiger partial charge < -0.3 is 0 Å². The van der Waals surface area contributed by atoms with Gasteiger partial charge in [0.15, 0.2) is 5.78 Å². The Balaban J connectivity index is 1.55. The fraction of sp³-hybridized carbons (Fsp3) is 0.412. The van der Waals surface area contributed by atoms with Crippen molar-refractivity contribution in [3.63, 3.8) is 0 Å². The first-order valence-electron chi connectivity index (χ1n) is 7.49. The Kier molecular flexibility index (Phi) is 2.72. The molecular weight excluding hydrogens is 248 g/mol. The van der Waals surface area contributed by atoms with Gasteiger partial charge in [0.1, 0.15) is 0 Å². The van der Waals surface area contributed by atoms with E-state index in [0.29, 0.717) is 17.6 Å². The normalized spacial score (nSPS) is 27.9. The van der Waals surface area contributed by atoms with Gasteiger partial charge in [-0.1, -0.05) is 31.0 Å². The number of hydrogen-bond acceptors (Lipinski definition) is 2. The van der Waals surface area contributed by atoms with Crippen LogP contribution in [-0.4, -0.2) is 15.6 Å². The van der Waals surface area contributed by atoms with Gasteiger partial charge in [-0.25, -0.2) is 4.68 Å². The van der Waals surface area contributed by atoms with E-state index < -0.39 is 0 Å². The van der Waals surface area contributed by atoms with Crippen molar-refractivity contribution in [2.75, 3.05) is 0 Å². The number of benzene rings is 1. The van der Waals surface area contributed by atoms with Crippen LogP contribution in [0.1, 0.15) is 36.0 Å². The summed E-state index contributed by atoms with van der Waals surface area (Å²) in [7, 11) is 0. The molecule has 102 valence electrons. The van der Waals surface area contributed by atoms with Gasteiger partial charge >= 0.3 is 0 Å². The van der Waals surface area contributed by atoms with E-state index in [0.717, 1.165) is 11.3 Å². The highest BCUT2D eigenvalue weighted by molar-refractivity contribution is 5.99. The summed E-state index contributed by atoms with van der Waals surface area (Å²) in [5, 5.41) is 4.33. The number of Topliss-reactive ketones (excluding diaryl/α,β-unsaturated/α-hetero) is 1. The molecule has 2 atom stereocenters. The summed E-state index contributed by atoms with van der Waals surface area (Å²) in [6, 6.07) is 9.94. The predicted molar refractivity (Wildman–Crippen MR) is 76.8 cm³/mol. The molecule has 3 heteroatoms. The smallest absolute Gasteiger partial charge is 0.169 e. The molecule has 0 radical (unpaired) electrons. The number of hydrogen-bond donors (Lipinski definition) is 0. The minimum absolute atomic E-state index is 0.283. The third-order valence-electron chi connectivity index (χ3n) is 4.85. The molecule has 0 amide bonds. The topological polar surface area (TPSA) is 34.9 Å². The SMILES string of the molecule is O=C(c1cnn(-c2ccccc2)c1)C1C2CCCCC21. The molecule has 2 fully saturated rings. The summed E-state index contributed by atoms with van der Waals surface area (Å²) >= 11 is 0. The van der Waals surface area contributed by atoms with Gasteiger partial charge in [-0.05, 0) is 36.8 Å². The molecule has 4 rings (SSSR count). The van der Waals surface area contributed by atoms with Gasteiger partial charge in [0.05, 0.1) is 17.4 Å². The van der Waals surface area contributed by atoms with E-state index in [-0.39, 0.29) is 5.92 Å². The number of carbonyl (C=O) groups excluding carboxylic acids is 1. The van der Waals surface area contributed by atoms with E-state index in [9.17, 15) is 4.79 Å². The van der Waals surface area contributed by atoms with Crippen LogP contribution in [0.3, 0.4) is 0 Å². The number of rotatable bonds is 3. The lowest BCUT2D eigenvalue weighted by Crippen LogP contribution is -2.03. The zero-order chi connectivity index (χ0) is 13.5. The Hall–Kier alpha value is -1.90. The van der Waals surface area contributed by atoms with E-state index in [4.69, 9.17) is 0 Å². The summed E-state index contributed by atoms with van der Waals surface area (Å²) in [6.07, 6.45) is 8.69. The van der Waals surface area contributed by atoms with E-state index in [1.54, 1.807) is 10.9 Å². The lowest BCUT2D eigenvalue weighted by Gasteiger charge is -2.04. The Morgan fingerprint density at radius 2 is 1.80 bits per heavy atom. The van der Waals surface area contributed by atoms with Gasteiger partial charge in [-0.15, -0.1) is 0 Å². The first-order chi connectivity index (χ1) is 9.84. The fourth-order valence-electron chi connectivity index (χ4n) is 3.75. The molecule has 1 heterocycles. The molecule has 1 aromatic carbocycles. The largest absolute Gasteiger partial charge is 0.294 e. The van der Waals surface area contributed by atoms with Gasteiger partial charge in [0, 0.05) is 12.1 Å². The van der Waals surface area contributed by atoms with Crippen molar-refractivity contribution in [1.82, 2.24) is 9.78 Å². The van der Waals surface area contributed by atoms with Crippen LogP contribution in [0.15, 0.2) is 42.7 Å². The van der Waals surface area contributed by atoms with Crippen LogP contribution in [0.5, 0.6) is 0 Å². The zero-order valence-electron chi connectivity index (χ0n) is 11.4. The third-order valence-corrected chi connectivity index (χ3v) is 4.85. The van der Waals surface area contributed by atoms with Crippen LogP contribution in [0.25, 0.3) is 5.69 Å². The highest BCUT2D eigenvalue weighted by Gasteiger charge is 2.54. The summed E-state index contributed by atoms with van der Waals surface area (Å²) < 4.78 is 1.79. The Bertz CT molecular complexity index is 619. The van der Waals surface area contributed by atoms with Crippen molar-refractivity contribution in [2.45, 2.75) is 25.7 Å².